The predicted molar refractivity (Wildman–Crippen MR) is 256 cm³/mol. The smallest absolute Gasteiger partial charge is 0.306 e. The number of hydrogen-bond acceptors (Lipinski definition) is 6. The van der Waals surface area contributed by atoms with Crippen molar-refractivity contribution in [3.05, 3.63) is 97.2 Å². The lowest BCUT2D eigenvalue weighted by atomic mass is 10.1. The van der Waals surface area contributed by atoms with Crippen molar-refractivity contribution in [2.24, 2.45) is 0 Å². The molecule has 0 bridgehead atoms. The van der Waals surface area contributed by atoms with E-state index in [4.69, 9.17) is 14.2 Å². The number of allylic oxidation sites excluding steroid dienone is 16. The first kappa shape index (κ1) is 56.3. The van der Waals surface area contributed by atoms with Gasteiger partial charge in [-0.1, -0.05) is 201 Å². The van der Waals surface area contributed by atoms with E-state index in [2.05, 4.69) is 81.5 Å². The molecule has 0 aliphatic carbocycles. The average molecular weight is 833 g/mol. The first-order chi connectivity index (χ1) is 29.5. The van der Waals surface area contributed by atoms with Gasteiger partial charge in [-0.15, -0.1) is 0 Å². The Morgan fingerprint density at radius 1 is 0.333 bits per heavy atom. The van der Waals surface area contributed by atoms with Crippen LogP contribution < -0.4 is 0 Å². The van der Waals surface area contributed by atoms with E-state index in [0.29, 0.717) is 25.7 Å². The summed E-state index contributed by atoms with van der Waals surface area (Å²) < 4.78 is 16.7. The van der Waals surface area contributed by atoms with E-state index in [1.807, 2.05) is 36.5 Å². The number of carbonyl (C=O) groups is 3. The number of ether oxygens (including phenoxy) is 3. The molecule has 1 atom stereocenters. The predicted octanol–water partition coefficient (Wildman–Crippen LogP) is 15.8. The Bertz CT molecular complexity index is 1230. The Balaban J connectivity index is 4.46. The fourth-order valence-electron chi connectivity index (χ4n) is 6.23. The fraction of sp³-hybridized carbons (Fsp3) is 0.648. The second-order valence-corrected chi connectivity index (χ2v) is 15.8. The molecule has 0 aromatic carbocycles. The molecule has 0 aliphatic heterocycles. The Hall–Kier alpha value is -3.67. The monoisotopic (exact) mass is 833 g/mol. The highest BCUT2D eigenvalue weighted by Crippen LogP contribution is 2.13. The Labute approximate surface area is 368 Å². The molecule has 0 spiro atoms. The van der Waals surface area contributed by atoms with Crippen LogP contribution in [0.25, 0.3) is 0 Å². The summed E-state index contributed by atoms with van der Waals surface area (Å²) in [4.78, 5) is 37.8. The van der Waals surface area contributed by atoms with Gasteiger partial charge in [-0.2, -0.15) is 0 Å². The molecular formula is C54H88O6. The number of carbonyl (C=O) groups excluding carboxylic acids is 3. The zero-order valence-corrected chi connectivity index (χ0v) is 38.7. The van der Waals surface area contributed by atoms with Crippen LogP contribution in [0.4, 0.5) is 0 Å². The van der Waals surface area contributed by atoms with E-state index in [1.165, 1.54) is 70.6 Å². The maximum atomic E-state index is 12.7. The SMILES string of the molecule is CCC\C=C/C=C\C=C/C=C\C=C/CCCCCCCC(=O)OCC(COC(=O)CCC/C=C\CCCCCC)OC(=O)CCCCCCCC/C=C\C=C/CCCCC. The zero-order valence-electron chi connectivity index (χ0n) is 38.7. The molecule has 0 saturated carbocycles. The molecule has 0 radical (unpaired) electrons. The molecule has 6 heteroatoms. The highest BCUT2D eigenvalue weighted by molar-refractivity contribution is 5.71. The standard InChI is InChI=1S/C54H88O6/c1-4-7-10-13-16-19-21-23-25-26-27-29-30-32-35-38-41-44-47-53(56)59-50-51(49-58-52(55)46-43-40-37-34-18-15-12-9-6-3)60-54(57)48-45-42-39-36-33-31-28-24-22-20-17-14-11-8-5-2/h10,13,16-17,19-27,29,34,37,51H,4-9,11-12,14-15,18,28,30-33,35-36,38-50H2,1-3H3/b13-10-,19-16-,20-17-,23-21-,24-22-,26-25-,29-27-,37-34-. The minimum Gasteiger partial charge on any atom is -0.462 e. The summed E-state index contributed by atoms with van der Waals surface area (Å²) in [6, 6.07) is 0. The molecule has 60 heavy (non-hydrogen) atoms. The van der Waals surface area contributed by atoms with Gasteiger partial charge in [0.25, 0.3) is 0 Å². The van der Waals surface area contributed by atoms with E-state index in [0.717, 1.165) is 89.9 Å². The summed E-state index contributed by atoms with van der Waals surface area (Å²) in [5.41, 5.74) is 0. The van der Waals surface area contributed by atoms with Crippen LogP contribution in [0.3, 0.4) is 0 Å². The van der Waals surface area contributed by atoms with E-state index >= 15 is 0 Å². The van der Waals surface area contributed by atoms with Gasteiger partial charge in [-0.3, -0.25) is 14.4 Å². The minimum atomic E-state index is -0.804. The fourth-order valence-corrected chi connectivity index (χ4v) is 6.23. The molecule has 0 aromatic heterocycles. The number of esters is 3. The van der Waals surface area contributed by atoms with Crippen molar-refractivity contribution in [2.45, 2.75) is 213 Å². The molecular weight excluding hydrogens is 745 g/mol. The number of hydrogen-bond donors (Lipinski definition) is 0. The zero-order chi connectivity index (χ0) is 43.7. The lowest BCUT2D eigenvalue weighted by molar-refractivity contribution is -0.167. The first-order valence-electron chi connectivity index (χ1n) is 24.3. The van der Waals surface area contributed by atoms with Crippen molar-refractivity contribution >= 4 is 17.9 Å². The third-order valence-electron chi connectivity index (χ3n) is 9.92. The van der Waals surface area contributed by atoms with E-state index in [1.54, 1.807) is 0 Å². The molecule has 0 aliphatic rings. The lowest BCUT2D eigenvalue weighted by Crippen LogP contribution is -2.30. The van der Waals surface area contributed by atoms with Crippen LogP contribution in [0.5, 0.6) is 0 Å². The molecule has 0 amide bonds. The Morgan fingerprint density at radius 3 is 1.17 bits per heavy atom. The van der Waals surface area contributed by atoms with Gasteiger partial charge in [-0.05, 0) is 83.5 Å². The van der Waals surface area contributed by atoms with Crippen LogP contribution in [0.1, 0.15) is 207 Å². The maximum Gasteiger partial charge on any atom is 0.306 e. The van der Waals surface area contributed by atoms with Crippen molar-refractivity contribution in [3.63, 3.8) is 0 Å². The molecule has 340 valence electrons. The summed E-state index contributed by atoms with van der Waals surface area (Å²) in [5, 5.41) is 0. The summed E-state index contributed by atoms with van der Waals surface area (Å²) in [7, 11) is 0. The molecule has 0 aromatic rings. The van der Waals surface area contributed by atoms with Crippen LogP contribution in [-0.4, -0.2) is 37.2 Å². The number of rotatable bonds is 42. The highest BCUT2D eigenvalue weighted by Gasteiger charge is 2.19. The summed E-state index contributed by atoms with van der Waals surface area (Å²) in [6.07, 6.45) is 62.4. The largest absolute Gasteiger partial charge is 0.462 e. The Morgan fingerprint density at radius 2 is 0.667 bits per heavy atom. The molecule has 1 unspecified atom stereocenters. The van der Waals surface area contributed by atoms with Gasteiger partial charge in [0.15, 0.2) is 6.10 Å². The van der Waals surface area contributed by atoms with E-state index < -0.39 is 6.10 Å². The second kappa shape index (κ2) is 48.0. The molecule has 6 nitrogen and oxygen atoms in total. The normalized spacial score (nSPS) is 12.9. The van der Waals surface area contributed by atoms with Crippen molar-refractivity contribution in [1.29, 1.82) is 0 Å². The van der Waals surface area contributed by atoms with Crippen LogP contribution >= 0.6 is 0 Å². The van der Waals surface area contributed by atoms with Crippen LogP contribution in [-0.2, 0) is 28.6 Å². The molecule has 0 heterocycles. The number of unbranched alkanes of at least 4 members (excludes halogenated alkanes) is 20. The summed E-state index contributed by atoms with van der Waals surface area (Å²) >= 11 is 0. The summed E-state index contributed by atoms with van der Waals surface area (Å²) in [6.45, 7) is 6.41. The van der Waals surface area contributed by atoms with Crippen molar-refractivity contribution in [1.82, 2.24) is 0 Å². The molecule has 0 saturated heterocycles. The first-order valence-corrected chi connectivity index (χ1v) is 24.3. The van der Waals surface area contributed by atoms with Gasteiger partial charge in [0, 0.05) is 19.3 Å². The van der Waals surface area contributed by atoms with E-state index in [9.17, 15) is 14.4 Å². The quantitative estimate of drug-likeness (QED) is 0.0200. The molecule has 0 fully saturated rings. The third-order valence-corrected chi connectivity index (χ3v) is 9.92. The van der Waals surface area contributed by atoms with Crippen molar-refractivity contribution in [2.75, 3.05) is 13.2 Å². The Kier molecular flexibility index (Phi) is 45.1. The van der Waals surface area contributed by atoms with Gasteiger partial charge in [0.1, 0.15) is 13.2 Å². The lowest BCUT2D eigenvalue weighted by Gasteiger charge is -2.18. The average Bonchev–Trinajstić information content (AvgIpc) is 3.24. The minimum absolute atomic E-state index is 0.106. The molecule has 0 N–H and O–H groups in total. The van der Waals surface area contributed by atoms with Crippen LogP contribution in [0.2, 0.25) is 0 Å². The van der Waals surface area contributed by atoms with Gasteiger partial charge >= 0.3 is 17.9 Å². The van der Waals surface area contributed by atoms with Crippen molar-refractivity contribution < 1.29 is 28.6 Å². The van der Waals surface area contributed by atoms with Gasteiger partial charge in [0.05, 0.1) is 0 Å². The topological polar surface area (TPSA) is 78.9 Å². The highest BCUT2D eigenvalue weighted by atomic mass is 16.6. The molecule has 0 rings (SSSR count). The van der Waals surface area contributed by atoms with E-state index in [-0.39, 0.29) is 31.1 Å². The van der Waals surface area contributed by atoms with Crippen LogP contribution in [0.15, 0.2) is 97.2 Å². The summed E-state index contributed by atoms with van der Waals surface area (Å²) in [5.74, 6) is -0.984. The maximum absolute atomic E-state index is 12.7. The van der Waals surface area contributed by atoms with Gasteiger partial charge in [-0.25, -0.2) is 0 Å². The van der Waals surface area contributed by atoms with Gasteiger partial charge in [0.2, 0.25) is 0 Å². The third kappa shape index (κ3) is 45.4. The van der Waals surface area contributed by atoms with Crippen LogP contribution in [0, 0.1) is 0 Å². The van der Waals surface area contributed by atoms with Gasteiger partial charge < -0.3 is 14.2 Å². The van der Waals surface area contributed by atoms with Crippen molar-refractivity contribution in [3.8, 4) is 0 Å². The second-order valence-electron chi connectivity index (χ2n) is 15.8.